The molecule has 0 aliphatic rings. The molecule has 3 rings (SSSR count). The van der Waals surface area contributed by atoms with E-state index in [-0.39, 0.29) is 24.3 Å². The normalized spacial score (nSPS) is 11.8. The number of carbonyl (C=O) groups is 2. The maximum atomic E-state index is 13.6. The van der Waals surface area contributed by atoms with Gasteiger partial charge in [0, 0.05) is 24.0 Å². The van der Waals surface area contributed by atoms with Crippen molar-refractivity contribution in [1.82, 2.24) is 10.2 Å². The molecule has 172 valence electrons. The average molecular weight is 463 g/mol. The Morgan fingerprint density at radius 2 is 1.55 bits per heavy atom. The van der Waals surface area contributed by atoms with Crippen LogP contribution in [0.3, 0.4) is 0 Å². The van der Waals surface area contributed by atoms with Crippen LogP contribution in [0.2, 0.25) is 5.02 Å². The molecule has 0 aromatic heterocycles. The Morgan fingerprint density at radius 1 is 0.879 bits per heavy atom. The number of hydrogen-bond acceptors (Lipinski definition) is 2. The van der Waals surface area contributed by atoms with Gasteiger partial charge in [-0.05, 0) is 49.6 Å². The third-order valence-corrected chi connectivity index (χ3v) is 5.66. The minimum atomic E-state index is -0.630. The van der Waals surface area contributed by atoms with E-state index in [1.54, 1.807) is 17.0 Å². The average Bonchev–Trinajstić information content (AvgIpc) is 2.78. The van der Waals surface area contributed by atoms with E-state index in [2.05, 4.69) is 11.4 Å². The monoisotopic (exact) mass is 462 g/mol. The van der Waals surface area contributed by atoms with Crippen LogP contribution in [0.15, 0.2) is 78.9 Å². The Bertz CT molecular complexity index is 1060. The van der Waals surface area contributed by atoms with Gasteiger partial charge in [0.1, 0.15) is 6.04 Å². The highest BCUT2D eigenvalue weighted by molar-refractivity contribution is 6.30. The van der Waals surface area contributed by atoms with Crippen LogP contribution in [0.4, 0.5) is 0 Å². The van der Waals surface area contributed by atoms with Crippen molar-refractivity contribution in [3.63, 3.8) is 0 Å². The predicted octanol–water partition coefficient (Wildman–Crippen LogP) is 5.36. The highest BCUT2D eigenvalue weighted by Gasteiger charge is 2.30. The van der Waals surface area contributed by atoms with Crippen LogP contribution in [0.25, 0.3) is 0 Å². The van der Waals surface area contributed by atoms with Gasteiger partial charge in [0.05, 0.1) is 6.42 Å². The fourth-order valence-electron chi connectivity index (χ4n) is 3.82. The molecule has 0 radical (unpaired) electrons. The second-order valence-corrected chi connectivity index (χ2v) is 9.12. The van der Waals surface area contributed by atoms with Crippen molar-refractivity contribution in [1.29, 1.82) is 0 Å². The number of amides is 2. The van der Waals surface area contributed by atoms with Crippen molar-refractivity contribution < 1.29 is 9.59 Å². The lowest BCUT2D eigenvalue weighted by Crippen LogP contribution is -2.52. The first kappa shape index (κ1) is 24.5. The van der Waals surface area contributed by atoms with Crippen molar-refractivity contribution in [2.24, 2.45) is 0 Å². The lowest BCUT2D eigenvalue weighted by atomic mass is 10.0. The summed E-state index contributed by atoms with van der Waals surface area (Å²) in [6.07, 6.45) is 0.640. The van der Waals surface area contributed by atoms with Crippen LogP contribution >= 0.6 is 11.6 Å². The standard InChI is InChI=1S/C28H31ClN2O2/c1-20(2)30-28(33)26(17-22-9-5-4-6-10-22)31(19-24-11-7-8-21(3)16-24)27(32)18-23-12-14-25(29)15-13-23/h4-16,20,26H,17-19H2,1-3H3,(H,30,33)/t26-/m0/s1. The summed E-state index contributed by atoms with van der Waals surface area (Å²) in [5, 5.41) is 3.64. The zero-order chi connectivity index (χ0) is 23.8. The Kier molecular flexibility index (Phi) is 8.67. The van der Waals surface area contributed by atoms with Gasteiger partial charge in [-0.15, -0.1) is 0 Å². The minimum Gasteiger partial charge on any atom is -0.352 e. The van der Waals surface area contributed by atoms with Gasteiger partial charge in [-0.1, -0.05) is 83.9 Å². The molecule has 3 aromatic carbocycles. The fraction of sp³-hybridized carbons (Fsp3) is 0.286. The van der Waals surface area contributed by atoms with Crippen molar-refractivity contribution in [2.75, 3.05) is 0 Å². The van der Waals surface area contributed by atoms with Gasteiger partial charge < -0.3 is 10.2 Å². The van der Waals surface area contributed by atoms with Crippen LogP contribution in [0, 0.1) is 6.92 Å². The van der Waals surface area contributed by atoms with Crippen molar-refractivity contribution in [3.8, 4) is 0 Å². The Hall–Kier alpha value is -3.11. The quantitative estimate of drug-likeness (QED) is 0.465. The van der Waals surface area contributed by atoms with Gasteiger partial charge in [-0.2, -0.15) is 0 Å². The second-order valence-electron chi connectivity index (χ2n) is 8.68. The van der Waals surface area contributed by atoms with Crippen LogP contribution < -0.4 is 5.32 Å². The molecular formula is C28H31ClN2O2. The molecule has 5 heteroatoms. The number of nitrogens with one attached hydrogen (secondary N) is 1. The summed E-state index contributed by atoms with van der Waals surface area (Å²) in [6.45, 7) is 6.24. The Labute approximate surface area is 201 Å². The largest absolute Gasteiger partial charge is 0.352 e. The molecule has 4 nitrogen and oxygen atoms in total. The van der Waals surface area contributed by atoms with Gasteiger partial charge in [0.15, 0.2) is 0 Å². The van der Waals surface area contributed by atoms with E-state index in [1.807, 2.05) is 81.4 Å². The van der Waals surface area contributed by atoms with Crippen molar-refractivity contribution in [3.05, 3.63) is 106 Å². The fourth-order valence-corrected chi connectivity index (χ4v) is 3.95. The van der Waals surface area contributed by atoms with Crippen molar-refractivity contribution in [2.45, 2.75) is 52.2 Å². The summed E-state index contributed by atoms with van der Waals surface area (Å²) in [5.41, 5.74) is 3.98. The molecule has 0 saturated heterocycles. The third-order valence-electron chi connectivity index (χ3n) is 5.41. The zero-order valence-corrected chi connectivity index (χ0v) is 20.2. The first-order valence-electron chi connectivity index (χ1n) is 11.3. The third kappa shape index (κ3) is 7.47. The van der Waals surface area contributed by atoms with Gasteiger partial charge in [-0.25, -0.2) is 0 Å². The van der Waals surface area contributed by atoms with Crippen molar-refractivity contribution >= 4 is 23.4 Å². The molecule has 0 unspecified atom stereocenters. The molecule has 0 saturated carbocycles. The van der Waals surface area contributed by atoms with E-state index in [0.717, 1.165) is 22.3 Å². The summed E-state index contributed by atoms with van der Waals surface area (Å²) >= 11 is 6.02. The molecule has 0 aliphatic carbocycles. The number of hydrogen-bond donors (Lipinski definition) is 1. The van der Waals surface area contributed by atoms with E-state index in [0.29, 0.717) is 18.0 Å². The number of carbonyl (C=O) groups excluding carboxylic acids is 2. The molecule has 2 amide bonds. The molecule has 1 N–H and O–H groups in total. The highest BCUT2D eigenvalue weighted by atomic mass is 35.5. The smallest absolute Gasteiger partial charge is 0.243 e. The summed E-state index contributed by atoms with van der Waals surface area (Å²) < 4.78 is 0. The summed E-state index contributed by atoms with van der Waals surface area (Å²) in [7, 11) is 0. The Morgan fingerprint density at radius 3 is 2.18 bits per heavy atom. The van der Waals surface area contributed by atoms with Crippen LogP contribution in [0.1, 0.15) is 36.1 Å². The second kappa shape index (κ2) is 11.7. The zero-order valence-electron chi connectivity index (χ0n) is 19.4. The predicted molar refractivity (Wildman–Crippen MR) is 134 cm³/mol. The van der Waals surface area contributed by atoms with Crippen LogP contribution in [0.5, 0.6) is 0 Å². The number of rotatable bonds is 9. The summed E-state index contributed by atoms with van der Waals surface area (Å²) in [5.74, 6) is -0.246. The molecule has 3 aromatic rings. The SMILES string of the molecule is Cc1cccc(CN(C(=O)Cc2ccc(Cl)cc2)[C@@H](Cc2ccccc2)C(=O)NC(C)C)c1. The minimum absolute atomic E-state index is 0.0250. The molecule has 33 heavy (non-hydrogen) atoms. The number of aryl methyl sites for hydroxylation is 1. The maximum absolute atomic E-state index is 13.6. The van der Waals surface area contributed by atoms with E-state index >= 15 is 0 Å². The summed E-state index contributed by atoms with van der Waals surface area (Å²) in [6, 6.07) is 24.5. The number of benzene rings is 3. The molecule has 0 aliphatic heterocycles. The molecular weight excluding hydrogens is 432 g/mol. The van der Waals surface area contributed by atoms with E-state index in [4.69, 9.17) is 11.6 Å². The van der Waals surface area contributed by atoms with Gasteiger partial charge >= 0.3 is 0 Å². The molecule has 0 bridgehead atoms. The van der Waals surface area contributed by atoms with E-state index < -0.39 is 6.04 Å². The van der Waals surface area contributed by atoms with E-state index in [1.165, 1.54) is 0 Å². The van der Waals surface area contributed by atoms with Gasteiger partial charge in [0.25, 0.3) is 0 Å². The Balaban J connectivity index is 1.96. The molecule has 0 fully saturated rings. The van der Waals surface area contributed by atoms with Crippen LogP contribution in [-0.2, 0) is 29.0 Å². The topological polar surface area (TPSA) is 49.4 Å². The summed E-state index contributed by atoms with van der Waals surface area (Å²) in [4.78, 5) is 28.7. The van der Waals surface area contributed by atoms with Gasteiger partial charge in [-0.3, -0.25) is 9.59 Å². The maximum Gasteiger partial charge on any atom is 0.243 e. The molecule has 0 heterocycles. The molecule has 1 atom stereocenters. The lowest BCUT2D eigenvalue weighted by molar-refractivity contribution is -0.141. The van der Waals surface area contributed by atoms with Crippen LogP contribution in [-0.4, -0.2) is 28.8 Å². The lowest BCUT2D eigenvalue weighted by Gasteiger charge is -2.32. The van der Waals surface area contributed by atoms with E-state index in [9.17, 15) is 9.59 Å². The highest BCUT2D eigenvalue weighted by Crippen LogP contribution is 2.18. The molecule has 0 spiro atoms. The first-order valence-corrected chi connectivity index (χ1v) is 11.6. The van der Waals surface area contributed by atoms with Gasteiger partial charge in [0.2, 0.25) is 11.8 Å². The first-order chi connectivity index (χ1) is 15.8. The number of halogens is 1. The number of nitrogens with zero attached hydrogens (tertiary/aromatic N) is 1.